The Morgan fingerprint density at radius 3 is 2.74 bits per heavy atom. The smallest absolute Gasteiger partial charge is 0.231 e. The van der Waals surface area contributed by atoms with E-state index in [-0.39, 0.29) is 12.3 Å². The highest BCUT2D eigenvalue weighted by molar-refractivity contribution is 7.99. The zero-order chi connectivity index (χ0) is 22.0. The number of nitrogens with zero attached hydrogens (tertiary/aromatic N) is 4. The number of benzene rings is 1. The number of nitrogens with one attached hydrogen (secondary N) is 1. The fourth-order valence-corrected chi connectivity index (χ4v) is 4.31. The molecule has 0 unspecified atom stereocenters. The molecule has 0 fully saturated rings. The van der Waals surface area contributed by atoms with E-state index in [0.717, 1.165) is 47.2 Å². The van der Waals surface area contributed by atoms with Crippen LogP contribution in [0.2, 0.25) is 0 Å². The molecule has 162 valence electrons. The highest BCUT2D eigenvalue weighted by Gasteiger charge is 2.21. The van der Waals surface area contributed by atoms with Crippen LogP contribution in [-0.2, 0) is 6.54 Å². The summed E-state index contributed by atoms with van der Waals surface area (Å²) >= 11 is 1.47. The van der Waals surface area contributed by atoms with Gasteiger partial charge >= 0.3 is 0 Å². The van der Waals surface area contributed by atoms with Crippen LogP contribution >= 0.6 is 11.8 Å². The van der Waals surface area contributed by atoms with E-state index in [2.05, 4.69) is 46.5 Å². The average Bonchev–Trinajstić information content (AvgIpc) is 3.31. The Morgan fingerprint density at radius 2 is 2.00 bits per heavy atom. The Kier molecular flexibility index (Phi) is 5.94. The van der Waals surface area contributed by atoms with Crippen molar-refractivity contribution in [3.8, 4) is 23.8 Å². The third kappa shape index (κ3) is 4.70. The van der Waals surface area contributed by atoms with Crippen LogP contribution in [0.3, 0.4) is 0 Å². The standard InChI is InChI=1S/C22H26N6O2S/c1-5-14-10-15-16(30-13-29-15)11-17(14)31-21-27-18-19(23)24-12-25-20(18)28(21)9-7-6-8-26-22(2,3)4/h1,10-12,26H,6-9,13H2,2-4H3,(H2,23,24,25). The first kappa shape index (κ1) is 21.3. The molecule has 4 rings (SSSR count). The van der Waals surface area contributed by atoms with Crippen molar-refractivity contribution in [1.29, 1.82) is 0 Å². The maximum absolute atomic E-state index is 6.07. The van der Waals surface area contributed by atoms with Gasteiger partial charge in [-0.25, -0.2) is 15.0 Å². The molecule has 3 heterocycles. The molecule has 1 aliphatic rings. The summed E-state index contributed by atoms with van der Waals surface area (Å²) in [6, 6.07) is 3.72. The first-order valence-corrected chi connectivity index (χ1v) is 11.0. The van der Waals surface area contributed by atoms with Gasteiger partial charge in [0.05, 0.1) is 0 Å². The molecule has 1 aromatic carbocycles. The summed E-state index contributed by atoms with van der Waals surface area (Å²) < 4.78 is 13.1. The molecule has 0 bridgehead atoms. The van der Waals surface area contributed by atoms with E-state index in [9.17, 15) is 0 Å². The Morgan fingerprint density at radius 1 is 1.23 bits per heavy atom. The van der Waals surface area contributed by atoms with Gasteiger partial charge < -0.3 is 25.1 Å². The van der Waals surface area contributed by atoms with Crippen molar-refractivity contribution in [2.75, 3.05) is 19.1 Å². The quantitative estimate of drug-likeness (QED) is 0.427. The molecule has 8 nitrogen and oxygen atoms in total. The van der Waals surface area contributed by atoms with E-state index in [1.807, 2.05) is 12.1 Å². The number of imidazole rings is 1. The Hall–Kier alpha value is -2.96. The van der Waals surface area contributed by atoms with E-state index in [1.54, 1.807) is 0 Å². The molecule has 0 amide bonds. The topological polar surface area (TPSA) is 100 Å². The third-order valence-electron chi connectivity index (χ3n) is 4.82. The predicted octanol–water partition coefficient (Wildman–Crippen LogP) is 3.44. The second kappa shape index (κ2) is 8.65. The second-order valence-electron chi connectivity index (χ2n) is 8.31. The lowest BCUT2D eigenvalue weighted by Gasteiger charge is -2.20. The predicted molar refractivity (Wildman–Crippen MR) is 121 cm³/mol. The number of aromatic nitrogens is 4. The van der Waals surface area contributed by atoms with Crippen LogP contribution in [0.15, 0.2) is 28.5 Å². The van der Waals surface area contributed by atoms with Crippen LogP contribution in [-0.4, -0.2) is 38.4 Å². The zero-order valence-corrected chi connectivity index (χ0v) is 18.8. The molecular weight excluding hydrogens is 412 g/mol. The van der Waals surface area contributed by atoms with Crippen LogP contribution in [0.1, 0.15) is 39.2 Å². The molecule has 3 N–H and O–H groups in total. The Bertz CT molecular complexity index is 1150. The fourth-order valence-electron chi connectivity index (χ4n) is 3.29. The van der Waals surface area contributed by atoms with Crippen molar-refractivity contribution in [3.63, 3.8) is 0 Å². The summed E-state index contributed by atoms with van der Waals surface area (Å²) in [5.41, 5.74) is 8.22. The lowest BCUT2D eigenvalue weighted by atomic mass is 10.1. The summed E-state index contributed by atoms with van der Waals surface area (Å²) in [4.78, 5) is 14.1. The molecule has 31 heavy (non-hydrogen) atoms. The van der Waals surface area contributed by atoms with E-state index >= 15 is 0 Å². The van der Waals surface area contributed by atoms with E-state index in [1.165, 1.54) is 18.1 Å². The van der Waals surface area contributed by atoms with Gasteiger partial charge in [-0.1, -0.05) is 17.7 Å². The first-order chi connectivity index (χ1) is 14.9. The summed E-state index contributed by atoms with van der Waals surface area (Å²) in [6.45, 7) is 8.40. The first-order valence-electron chi connectivity index (χ1n) is 10.2. The molecule has 3 aromatic rings. The number of rotatable bonds is 7. The van der Waals surface area contributed by atoms with E-state index in [4.69, 9.17) is 26.6 Å². The number of nitrogen functional groups attached to an aromatic ring is 1. The molecule has 1 aliphatic heterocycles. The molecule has 9 heteroatoms. The van der Waals surface area contributed by atoms with Crippen molar-refractivity contribution in [1.82, 2.24) is 24.8 Å². The van der Waals surface area contributed by atoms with Gasteiger partial charge in [-0.15, -0.1) is 6.42 Å². The number of hydrogen-bond acceptors (Lipinski definition) is 8. The number of unbranched alkanes of at least 4 members (excludes halogenated alkanes) is 1. The van der Waals surface area contributed by atoms with Crippen LogP contribution in [0.5, 0.6) is 11.5 Å². The van der Waals surface area contributed by atoms with Gasteiger partial charge in [-0.2, -0.15) is 0 Å². The number of hydrogen-bond donors (Lipinski definition) is 2. The van der Waals surface area contributed by atoms with Gasteiger partial charge in [0.1, 0.15) is 6.33 Å². The average molecular weight is 439 g/mol. The van der Waals surface area contributed by atoms with Crippen LogP contribution < -0.4 is 20.5 Å². The third-order valence-corrected chi connectivity index (χ3v) is 5.87. The molecule has 0 radical (unpaired) electrons. The van der Waals surface area contributed by atoms with Gasteiger partial charge in [0.25, 0.3) is 0 Å². The summed E-state index contributed by atoms with van der Waals surface area (Å²) in [5.74, 6) is 4.43. The summed E-state index contributed by atoms with van der Waals surface area (Å²) in [6.07, 6.45) is 9.22. The second-order valence-corrected chi connectivity index (χ2v) is 9.32. The number of ether oxygens (including phenoxy) is 2. The zero-order valence-electron chi connectivity index (χ0n) is 17.9. The molecule has 0 saturated carbocycles. The minimum Gasteiger partial charge on any atom is -0.454 e. The monoisotopic (exact) mass is 438 g/mol. The SMILES string of the molecule is C#Cc1cc2c(cc1Sc1nc3c(N)ncnc3n1CCCCNC(C)(C)C)OCO2. The largest absolute Gasteiger partial charge is 0.454 e. The van der Waals surface area contributed by atoms with Gasteiger partial charge in [-0.05, 0) is 46.2 Å². The number of terminal acetylenes is 1. The van der Waals surface area contributed by atoms with E-state index < -0.39 is 0 Å². The number of aryl methyl sites for hydroxylation is 1. The van der Waals surface area contributed by atoms with Gasteiger partial charge in [0, 0.05) is 28.6 Å². The van der Waals surface area contributed by atoms with Crippen molar-refractivity contribution in [2.24, 2.45) is 0 Å². The Labute approximate surface area is 185 Å². The molecular formula is C22H26N6O2S. The summed E-state index contributed by atoms with van der Waals surface area (Å²) in [5, 5.41) is 4.28. The van der Waals surface area contributed by atoms with Gasteiger partial charge in [-0.3, -0.25) is 0 Å². The molecule has 0 atom stereocenters. The Balaban J connectivity index is 1.61. The van der Waals surface area contributed by atoms with Crippen molar-refractivity contribution < 1.29 is 9.47 Å². The highest BCUT2D eigenvalue weighted by atomic mass is 32.2. The highest BCUT2D eigenvalue weighted by Crippen LogP contribution is 2.41. The fraction of sp³-hybridized carbons (Fsp3) is 0.409. The van der Waals surface area contributed by atoms with E-state index in [0.29, 0.717) is 22.8 Å². The minimum atomic E-state index is 0.107. The van der Waals surface area contributed by atoms with Crippen LogP contribution in [0.25, 0.3) is 11.2 Å². The van der Waals surface area contributed by atoms with Crippen LogP contribution in [0.4, 0.5) is 5.82 Å². The maximum atomic E-state index is 6.07. The van der Waals surface area contributed by atoms with Crippen molar-refractivity contribution >= 4 is 28.7 Å². The minimum absolute atomic E-state index is 0.107. The number of nitrogens with two attached hydrogens (primary N) is 1. The van der Waals surface area contributed by atoms with Gasteiger partial charge in [0.2, 0.25) is 6.79 Å². The van der Waals surface area contributed by atoms with Crippen LogP contribution in [0, 0.1) is 12.3 Å². The molecule has 0 aliphatic carbocycles. The van der Waals surface area contributed by atoms with Gasteiger partial charge in [0.15, 0.2) is 33.6 Å². The summed E-state index contributed by atoms with van der Waals surface area (Å²) in [7, 11) is 0. The number of anilines is 1. The molecule has 2 aromatic heterocycles. The van der Waals surface area contributed by atoms with Crippen molar-refractivity contribution in [3.05, 3.63) is 24.0 Å². The maximum Gasteiger partial charge on any atom is 0.231 e. The number of fused-ring (bicyclic) bond motifs is 2. The lowest BCUT2D eigenvalue weighted by molar-refractivity contribution is 0.174. The molecule has 0 saturated heterocycles. The molecule has 0 spiro atoms. The normalized spacial score (nSPS) is 13.0. The lowest BCUT2D eigenvalue weighted by Crippen LogP contribution is -2.36. The van der Waals surface area contributed by atoms with Crippen molar-refractivity contribution in [2.45, 2.75) is 55.7 Å².